The van der Waals surface area contributed by atoms with Crippen LogP contribution in [0.1, 0.15) is 5.69 Å². The number of rotatable bonds is 3. The number of anilines is 1. The Hall–Kier alpha value is -2.63. The van der Waals surface area contributed by atoms with Crippen LogP contribution < -0.4 is 21.6 Å². The molecule has 2 rings (SSSR count). The highest BCUT2D eigenvalue weighted by Crippen LogP contribution is 2.21. The number of methoxy groups -OCH3 is 1. The first-order valence-electron chi connectivity index (χ1n) is 5.27. The van der Waals surface area contributed by atoms with Crippen molar-refractivity contribution >= 4 is 11.7 Å². The van der Waals surface area contributed by atoms with Crippen molar-refractivity contribution in [3.8, 4) is 17.0 Å². The SMILES string of the molecule is COc1ccc(-c2cnc(N)c(C(N)=[NH2+])n2)cc1. The highest BCUT2D eigenvalue weighted by Gasteiger charge is 2.12. The van der Waals surface area contributed by atoms with E-state index in [1.54, 1.807) is 13.3 Å². The van der Waals surface area contributed by atoms with Gasteiger partial charge in [-0.15, -0.1) is 0 Å². The molecule has 0 amide bonds. The molecule has 0 aliphatic carbocycles. The first-order chi connectivity index (χ1) is 8.61. The largest absolute Gasteiger partial charge is 0.497 e. The molecule has 0 atom stereocenters. The van der Waals surface area contributed by atoms with Crippen molar-refractivity contribution in [2.75, 3.05) is 12.8 Å². The van der Waals surface area contributed by atoms with Gasteiger partial charge in [0.1, 0.15) is 5.75 Å². The van der Waals surface area contributed by atoms with Crippen LogP contribution in [0.4, 0.5) is 5.82 Å². The van der Waals surface area contributed by atoms with Crippen molar-refractivity contribution in [1.29, 1.82) is 0 Å². The fourth-order valence-corrected chi connectivity index (χ4v) is 1.51. The molecular weight excluding hydrogens is 230 g/mol. The van der Waals surface area contributed by atoms with E-state index in [4.69, 9.17) is 21.6 Å². The Morgan fingerprint density at radius 2 is 1.94 bits per heavy atom. The minimum Gasteiger partial charge on any atom is -0.497 e. The predicted molar refractivity (Wildman–Crippen MR) is 68.7 cm³/mol. The Kier molecular flexibility index (Phi) is 3.09. The van der Waals surface area contributed by atoms with E-state index in [2.05, 4.69) is 9.97 Å². The molecule has 0 fully saturated rings. The molecule has 1 heterocycles. The van der Waals surface area contributed by atoms with Crippen LogP contribution in [0.2, 0.25) is 0 Å². The first kappa shape index (κ1) is 11.8. The third kappa shape index (κ3) is 2.22. The molecule has 0 aliphatic heterocycles. The number of nitrogen functional groups attached to an aromatic ring is 1. The van der Waals surface area contributed by atoms with E-state index in [-0.39, 0.29) is 11.7 Å². The van der Waals surface area contributed by atoms with Gasteiger partial charge in [0.05, 0.1) is 19.0 Å². The molecule has 6 N–H and O–H groups in total. The lowest BCUT2D eigenvalue weighted by molar-refractivity contribution is -0.114. The average Bonchev–Trinajstić information content (AvgIpc) is 2.39. The summed E-state index contributed by atoms with van der Waals surface area (Å²) in [7, 11) is 1.61. The molecule has 0 unspecified atom stereocenters. The Labute approximate surface area is 104 Å². The summed E-state index contributed by atoms with van der Waals surface area (Å²) in [4.78, 5) is 8.30. The summed E-state index contributed by atoms with van der Waals surface area (Å²) < 4.78 is 5.09. The van der Waals surface area contributed by atoms with Gasteiger partial charge < -0.3 is 10.5 Å². The molecule has 0 saturated carbocycles. The Bertz CT molecular complexity index is 580. The number of amidine groups is 1. The maximum absolute atomic E-state index is 5.64. The van der Waals surface area contributed by atoms with Crippen LogP contribution in [-0.2, 0) is 0 Å². The van der Waals surface area contributed by atoms with E-state index in [0.717, 1.165) is 11.3 Å². The number of hydrogen-bond donors (Lipinski definition) is 3. The third-order valence-electron chi connectivity index (χ3n) is 2.46. The zero-order valence-electron chi connectivity index (χ0n) is 9.92. The third-order valence-corrected chi connectivity index (χ3v) is 2.46. The molecule has 92 valence electrons. The van der Waals surface area contributed by atoms with Gasteiger partial charge in [0, 0.05) is 5.56 Å². The van der Waals surface area contributed by atoms with Crippen molar-refractivity contribution in [3.05, 3.63) is 36.2 Å². The summed E-state index contributed by atoms with van der Waals surface area (Å²) in [6.45, 7) is 0. The topological polar surface area (TPSA) is 113 Å². The molecule has 0 saturated heterocycles. The second kappa shape index (κ2) is 4.70. The number of nitrogens with two attached hydrogens (primary N) is 3. The van der Waals surface area contributed by atoms with Crippen LogP contribution in [-0.4, -0.2) is 22.9 Å². The van der Waals surface area contributed by atoms with Crippen LogP contribution in [0, 0.1) is 0 Å². The zero-order valence-corrected chi connectivity index (χ0v) is 9.92. The fraction of sp³-hybridized carbons (Fsp3) is 0.0833. The molecular formula is C12H14N5O+. The van der Waals surface area contributed by atoms with Gasteiger partial charge in [-0.1, -0.05) is 0 Å². The smallest absolute Gasteiger partial charge is 0.293 e. The van der Waals surface area contributed by atoms with E-state index in [1.807, 2.05) is 24.3 Å². The van der Waals surface area contributed by atoms with Crippen molar-refractivity contribution in [3.63, 3.8) is 0 Å². The van der Waals surface area contributed by atoms with Gasteiger partial charge >= 0.3 is 0 Å². The Morgan fingerprint density at radius 3 is 2.50 bits per heavy atom. The van der Waals surface area contributed by atoms with Crippen molar-refractivity contribution in [2.24, 2.45) is 5.73 Å². The standard InChI is InChI=1S/C12H13N5O/c1-18-8-4-2-7(3-5-8)9-6-16-12(15)10(17-9)11(13)14/h2-6H,1H3,(H3,13,14)(H2,15,16)/p+1. The first-order valence-corrected chi connectivity index (χ1v) is 5.27. The highest BCUT2D eigenvalue weighted by atomic mass is 16.5. The number of ether oxygens (including phenoxy) is 1. The van der Waals surface area contributed by atoms with Crippen molar-refractivity contribution in [2.45, 2.75) is 0 Å². The number of benzene rings is 1. The number of aromatic nitrogens is 2. The van der Waals surface area contributed by atoms with E-state index in [9.17, 15) is 0 Å². The predicted octanol–water partition coefficient (Wildman–Crippen LogP) is -0.801. The minimum atomic E-state index is 0.0513. The van der Waals surface area contributed by atoms with Gasteiger partial charge in [0.25, 0.3) is 5.84 Å². The zero-order chi connectivity index (χ0) is 13.1. The maximum atomic E-state index is 5.64. The van der Waals surface area contributed by atoms with E-state index in [0.29, 0.717) is 11.4 Å². The van der Waals surface area contributed by atoms with Gasteiger partial charge in [-0.25, -0.2) is 9.97 Å². The lowest BCUT2D eigenvalue weighted by Crippen LogP contribution is -2.47. The molecule has 18 heavy (non-hydrogen) atoms. The van der Waals surface area contributed by atoms with E-state index >= 15 is 0 Å². The van der Waals surface area contributed by atoms with Crippen LogP contribution in [0.15, 0.2) is 30.5 Å². The lowest BCUT2D eigenvalue weighted by atomic mass is 10.1. The van der Waals surface area contributed by atoms with Gasteiger partial charge in [-0.05, 0) is 24.3 Å². The summed E-state index contributed by atoms with van der Waals surface area (Å²) in [6.07, 6.45) is 1.57. The second-order valence-electron chi connectivity index (χ2n) is 3.67. The van der Waals surface area contributed by atoms with Gasteiger partial charge in [0.15, 0.2) is 11.5 Å². The van der Waals surface area contributed by atoms with Gasteiger partial charge in [-0.3, -0.25) is 11.1 Å². The van der Waals surface area contributed by atoms with Crippen molar-refractivity contribution < 1.29 is 10.1 Å². The molecule has 2 aromatic rings. The van der Waals surface area contributed by atoms with Crippen molar-refractivity contribution in [1.82, 2.24) is 9.97 Å². The summed E-state index contributed by atoms with van der Waals surface area (Å²) in [5, 5.41) is 5.50. The summed E-state index contributed by atoms with van der Waals surface area (Å²) in [5.41, 5.74) is 13.0. The molecule has 1 aromatic carbocycles. The molecule has 1 aromatic heterocycles. The van der Waals surface area contributed by atoms with E-state index in [1.165, 1.54) is 0 Å². The van der Waals surface area contributed by atoms with Gasteiger partial charge in [-0.2, -0.15) is 0 Å². The summed E-state index contributed by atoms with van der Waals surface area (Å²) in [5.74, 6) is 1.04. The summed E-state index contributed by atoms with van der Waals surface area (Å²) in [6, 6.07) is 7.41. The van der Waals surface area contributed by atoms with Crippen LogP contribution in [0.3, 0.4) is 0 Å². The maximum Gasteiger partial charge on any atom is 0.293 e. The molecule has 0 radical (unpaired) electrons. The van der Waals surface area contributed by atoms with Crippen LogP contribution >= 0.6 is 0 Å². The summed E-state index contributed by atoms with van der Waals surface area (Å²) >= 11 is 0. The minimum absolute atomic E-state index is 0.0513. The quantitative estimate of drug-likeness (QED) is 0.483. The monoisotopic (exact) mass is 244 g/mol. The second-order valence-corrected chi connectivity index (χ2v) is 3.67. The lowest BCUT2D eigenvalue weighted by Gasteiger charge is -2.05. The average molecular weight is 244 g/mol. The molecule has 6 nitrogen and oxygen atoms in total. The highest BCUT2D eigenvalue weighted by molar-refractivity contribution is 5.95. The Balaban J connectivity index is 2.44. The molecule has 0 aliphatic rings. The normalized spacial score (nSPS) is 10.1. The van der Waals surface area contributed by atoms with Gasteiger partial charge in [0.2, 0.25) is 0 Å². The number of nitrogens with zero attached hydrogens (tertiary/aromatic N) is 2. The molecule has 6 heteroatoms. The van der Waals surface area contributed by atoms with Crippen LogP contribution in [0.5, 0.6) is 5.75 Å². The van der Waals surface area contributed by atoms with E-state index < -0.39 is 0 Å². The molecule has 0 spiro atoms. The molecule has 0 bridgehead atoms. The Morgan fingerprint density at radius 1 is 1.28 bits per heavy atom. The fourth-order valence-electron chi connectivity index (χ4n) is 1.51. The number of hydrogen-bond acceptors (Lipinski definition) is 4. The van der Waals surface area contributed by atoms with Crippen LogP contribution in [0.25, 0.3) is 11.3 Å².